The van der Waals surface area contributed by atoms with E-state index in [1.54, 1.807) is 0 Å². The quantitative estimate of drug-likeness (QED) is 0.488. The van der Waals surface area contributed by atoms with E-state index in [9.17, 15) is 22.8 Å². The fourth-order valence-corrected chi connectivity index (χ4v) is 4.78. The topological polar surface area (TPSA) is 64.6 Å². The largest absolute Gasteiger partial charge is 0.573 e. The summed E-state index contributed by atoms with van der Waals surface area (Å²) < 4.78 is 50.1. The first-order valence-electron chi connectivity index (χ1n) is 10.8. The molecule has 2 aliphatic heterocycles. The SMILES string of the molecule is CC(C)Cc1cc(-c2cc(C=C3SC(=O)NC3=O)ccc2OC(F)(F)F)c2c(c1)C(C)(C)CO2. The van der Waals surface area contributed by atoms with E-state index in [0.29, 0.717) is 29.4 Å². The Morgan fingerprint density at radius 1 is 1.18 bits per heavy atom. The second kappa shape index (κ2) is 8.69. The number of alkyl halides is 3. The van der Waals surface area contributed by atoms with Gasteiger partial charge >= 0.3 is 6.36 Å². The van der Waals surface area contributed by atoms with Crippen molar-refractivity contribution in [1.82, 2.24) is 5.32 Å². The molecular formula is C25H24F3NO4S. The fraction of sp³-hybridized carbons (Fsp3) is 0.360. The second-order valence-corrected chi connectivity index (χ2v) is 10.5. The Balaban J connectivity index is 1.91. The van der Waals surface area contributed by atoms with Crippen LogP contribution in [-0.4, -0.2) is 24.1 Å². The van der Waals surface area contributed by atoms with Gasteiger partial charge in [0.25, 0.3) is 11.1 Å². The first-order chi connectivity index (χ1) is 15.8. The standard InChI is InChI=1S/C25H24F3NO4S/c1-13(2)7-15-9-17(21-18(10-15)24(3,4)12-32-21)16-8-14(5-6-19(16)33-25(26,27)28)11-20-22(30)29-23(31)34-20/h5-6,8-11,13H,7,12H2,1-4H3,(H,29,30,31). The molecule has 180 valence electrons. The molecule has 2 amide bonds. The highest BCUT2D eigenvalue weighted by Crippen LogP contribution is 2.48. The summed E-state index contributed by atoms with van der Waals surface area (Å²) in [4.78, 5) is 23.6. The van der Waals surface area contributed by atoms with Crippen molar-refractivity contribution in [1.29, 1.82) is 0 Å². The molecule has 0 spiro atoms. The van der Waals surface area contributed by atoms with Gasteiger partial charge in [0.2, 0.25) is 0 Å². The predicted octanol–water partition coefficient (Wildman–Crippen LogP) is 6.44. The van der Waals surface area contributed by atoms with Crippen LogP contribution < -0.4 is 14.8 Å². The maximum atomic E-state index is 13.2. The van der Waals surface area contributed by atoms with Gasteiger partial charge in [-0.25, -0.2) is 0 Å². The van der Waals surface area contributed by atoms with Crippen LogP contribution in [0.15, 0.2) is 35.2 Å². The van der Waals surface area contributed by atoms with Crippen LogP contribution in [0, 0.1) is 5.92 Å². The van der Waals surface area contributed by atoms with Gasteiger partial charge in [-0.2, -0.15) is 0 Å². The lowest BCUT2D eigenvalue weighted by Crippen LogP contribution is -2.18. The van der Waals surface area contributed by atoms with Gasteiger partial charge in [-0.15, -0.1) is 13.2 Å². The average molecular weight is 492 g/mol. The van der Waals surface area contributed by atoms with Gasteiger partial charge in [-0.05, 0) is 59.5 Å². The number of carbonyl (C=O) groups is 2. The van der Waals surface area contributed by atoms with Gasteiger partial charge in [-0.1, -0.05) is 39.8 Å². The van der Waals surface area contributed by atoms with Crippen LogP contribution in [-0.2, 0) is 16.6 Å². The number of hydrogen-bond acceptors (Lipinski definition) is 5. The summed E-state index contributed by atoms with van der Waals surface area (Å²) in [5.41, 5.74) is 2.76. The van der Waals surface area contributed by atoms with Crippen molar-refractivity contribution in [3.63, 3.8) is 0 Å². The Labute approximate surface area is 199 Å². The van der Waals surface area contributed by atoms with Gasteiger partial charge in [0.05, 0.1) is 11.5 Å². The highest BCUT2D eigenvalue weighted by atomic mass is 32.2. The smallest absolute Gasteiger partial charge is 0.492 e. The Hall–Kier alpha value is -2.94. The number of thioether (sulfide) groups is 1. The third kappa shape index (κ3) is 5.09. The first-order valence-corrected chi connectivity index (χ1v) is 11.6. The minimum atomic E-state index is -4.89. The van der Waals surface area contributed by atoms with Gasteiger partial charge in [-0.3, -0.25) is 14.9 Å². The fourth-order valence-electron chi connectivity index (χ4n) is 4.10. The van der Waals surface area contributed by atoms with Gasteiger partial charge < -0.3 is 9.47 Å². The normalized spacial score (nSPS) is 18.3. The van der Waals surface area contributed by atoms with Crippen LogP contribution in [0.2, 0.25) is 0 Å². The molecule has 0 atom stereocenters. The number of hydrogen-bond donors (Lipinski definition) is 1. The number of rotatable bonds is 5. The minimum absolute atomic E-state index is 0.164. The predicted molar refractivity (Wildman–Crippen MR) is 125 cm³/mol. The lowest BCUT2D eigenvalue weighted by molar-refractivity contribution is -0.274. The first kappa shape index (κ1) is 24.2. The number of benzene rings is 2. The summed E-state index contributed by atoms with van der Waals surface area (Å²) >= 11 is 0.739. The van der Waals surface area contributed by atoms with E-state index in [1.165, 1.54) is 24.3 Å². The number of carbonyl (C=O) groups excluding carboxylic acids is 2. The summed E-state index contributed by atoms with van der Waals surface area (Å²) in [6, 6.07) is 8.06. The van der Waals surface area contributed by atoms with Gasteiger partial charge in [0.1, 0.15) is 11.5 Å². The number of imide groups is 1. The molecule has 2 aliphatic rings. The van der Waals surface area contributed by atoms with Crippen LogP contribution in [0.1, 0.15) is 44.4 Å². The Morgan fingerprint density at radius 2 is 1.91 bits per heavy atom. The molecular weight excluding hydrogens is 467 g/mol. The lowest BCUT2D eigenvalue weighted by atomic mass is 9.83. The van der Waals surface area contributed by atoms with E-state index in [1.807, 2.05) is 19.9 Å². The van der Waals surface area contributed by atoms with Crippen LogP contribution in [0.4, 0.5) is 18.0 Å². The maximum absolute atomic E-state index is 13.2. The minimum Gasteiger partial charge on any atom is -0.492 e. The number of nitrogens with one attached hydrogen (secondary N) is 1. The number of amides is 2. The molecule has 0 radical (unpaired) electrons. The van der Waals surface area contributed by atoms with E-state index in [4.69, 9.17) is 4.74 Å². The van der Waals surface area contributed by atoms with Gasteiger partial charge in [0, 0.05) is 22.1 Å². The molecule has 0 aromatic heterocycles. The molecule has 0 bridgehead atoms. The van der Waals surface area contributed by atoms with Crippen LogP contribution in [0.25, 0.3) is 17.2 Å². The summed E-state index contributed by atoms with van der Waals surface area (Å²) in [7, 11) is 0. The number of ether oxygens (including phenoxy) is 2. The van der Waals surface area contributed by atoms with E-state index in [-0.39, 0.29) is 21.6 Å². The zero-order valence-electron chi connectivity index (χ0n) is 19.1. The third-order valence-corrected chi connectivity index (χ3v) is 6.37. The number of halogens is 3. The summed E-state index contributed by atoms with van der Waals surface area (Å²) in [6.07, 6.45) is -2.68. The molecule has 1 fully saturated rings. The monoisotopic (exact) mass is 491 g/mol. The van der Waals surface area contributed by atoms with Gasteiger partial charge in [0.15, 0.2) is 0 Å². The molecule has 1 saturated heterocycles. The molecule has 0 unspecified atom stereocenters. The molecule has 0 aliphatic carbocycles. The molecule has 34 heavy (non-hydrogen) atoms. The average Bonchev–Trinajstić information content (AvgIpc) is 3.18. The zero-order chi connectivity index (χ0) is 24.8. The van der Waals surface area contributed by atoms with Crippen molar-refractivity contribution >= 4 is 29.0 Å². The molecule has 5 nitrogen and oxygen atoms in total. The van der Waals surface area contributed by atoms with E-state index in [0.717, 1.165) is 29.3 Å². The van der Waals surface area contributed by atoms with Crippen LogP contribution in [0.3, 0.4) is 0 Å². The van der Waals surface area contributed by atoms with Crippen LogP contribution in [0.5, 0.6) is 11.5 Å². The van der Waals surface area contributed by atoms with Crippen LogP contribution >= 0.6 is 11.8 Å². The van der Waals surface area contributed by atoms with Crippen molar-refractivity contribution in [2.45, 2.75) is 45.9 Å². The molecule has 2 heterocycles. The highest BCUT2D eigenvalue weighted by molar-refractivity contribution is 8.18. The molecule has 9 heteroatoms. The van der Waals surface area contributed by atoms with Crippen molar-refractivity contribution in [2.24, 2.45) is 5.92 Å². The summed E-state index contributed by atoms with van der Waals surface area (Å²) in [5.74, 6) is -0.0465. The summed E-state index contributed by atoms with van der Waals surface area (Å²) in [5, 5.41) is 1.67. The van der Waals surface area contributed by atoms with E-state index in [2.05, 4.69) is 30.0 Å². The molecule has 1 N–H and O–H groups in total. The Bertz CT molecular complexity index is 1200. The van der Waals surface area contributed by atoms with Crippen molar-refractivity contribution in [3.8, 4) is 22.6 Å². The second-order valence-electron chi connectivity index (χ2n) is 9.45. The molecule has 2 aromatic rings. The molecule has 0 saturated carbocycles. The third-order valence-electron chi connectivity index (χ3n) is 5.56. The van der Waals surface area contributed by atoms with E-state index < -0.39 is 17.5 Å². The lowest BCUT2D eigenvalue weighted by Gasteiger charge is -2.20. The highest BCUT2D eigenvalue weighted by Gasteiger charge is 2.37. The van der Waals surface area contributed by atoms with Crippen molar-refractivity contribution in [3.05, 3.63) is 51.9 Å². The maximum Gasteiger partial charge on any atom is 0.573 e. The van der Waals surface area contributed by atoms with E-state index >= 15 is 0 Å². The molecule has 4 rings (SSSR count). The molecule has 2 aromatic carbocycles. The Morgan fingerprint density at radius 3 is 2.53 bits per heavy atom. The Kier molecular flexibility index (Phi) is 6.18. The summed E-state index contributed by atoms with van der Waals surface area (Å²) in [6.45, 7) is 8.61. The van der Waals surface area contributed by atoms with Crippen molar-refractivity contribution in [2.75, 3.05) is 6.61 Å². The van der Waals surface area contributed by atoms with Crippen molar-refractivity contribution < 1.29 is 32.2 Å². The zero-order valence-corrected chi connectivity index (χ0v) is 19.9. The number of fused-ring (bicyclic) bond motifs is 1.